The van der Waals surface area contributed by atoms with Gasteiger partial charge in [-0.15, -0.1) is 11.3 Å². The lowest BCUT2D eigenvalue weighted by atomic mass is 9.89. The molecule has 3 nitrogen and oxygen atoms in total. The van der Waals surface area contributed by atoms with E-state index >= 15 is 0 Å². The third-order valence-electron chi connectivity index (χ3n) is 5.95. The van der Waals surface area contributed by atoms with Gasteiger partial charge in [-0.05, 0) is 55.4 Å². The quantitative estimate of drug-likeness (QED) is 0.425. The van der Waals surface area contributed by atoms with Crippen LogP contribution in [-0.4, -0.2) is 9.55 Å². The van der Waals surface area contributed by atoms with Crippen molar-refractivity contribution in [1.29, 1.82) is 0 Å². The van der Waals surface area contributed by atoms with Gasteiger partial charge in [0.25, 0.3) is 5.56 Å². The predicted molar refractivity (Wildman–Crippen MR) is 121 cm³/mol. The Bertz CT molecular complexity index is 1300. The number of nitrogens with zero attached hydrogens (tertiary/aromatic N) is 2. The molecule has 2 heterocycles. The first-order chi connectivity index (χ1) is 14.5. The molecule has 0 N–H and O–H groups in total. The third-order valence-corrected chi connectivity index (χ3v) is 7.10. The fraction of sp³-hybridized carbons (Fsp3) is 0.280. The molecule has 0 spiro atoms. The summed E-state index contributed by atoms with van der Waals surface area (Å²) in [7, 11) is 0. The molecular weight excluding hydrogens is 395 g/mol. The Morgan fingerprint density at radius 1 is 1.20 bits per heavy atom. The fourth-order valence-corrected chi connectivity index (χ4v) is 5.68. The van der Waals surface area contributed by atoms with E-state index in [4.69, 9.17) is 4.98 Å². The molecule has 30 heavy (non-hydrogen) atoms. The minimum absolute atomic E-state index is 0.0214. The van der Waals surface area contributed by atoms with Crippen LogP contribution in [0, 0.1) is 18.7 Å². The molecule has 152 valence electrons. The van der Waals surface area contributed by atoms with Gasteiger partial charge in [0.05, 0.1) is 11.9 Å². The van der Waals surface area contributed by atoms with Crippen LogP contribution in [0.3, 0.4) is 0 Å². The van der Waals surface area contributed by atoms with E-state index in [-0.39, 0.29) is 11.4 Å². The highest BCUT2D eigenvalue weighted by molar-refractivity contribution is 7.18. The number of thiophene rings is 1. The Hall–Kier alpha value is -2.79. The first-order valence-electron chi connectivity index (χ1n) is 10.4. The number of halogens is 1. The van der Waals surface area contributed by atoms with E-state index in [2.05, 4.69) is 6.92 Å². The summed E-state index contributed by atoms with van der Waals surface area (Å²) in [5.41, 5.74) is 3.96. The molecule has 0 saturated heterocycles. The number of benzene rings is 2. The minimum Gasteiger partial charge on any atom is -0.288 e. The summed E-state index contributed by atoms with van der Waals surface area (Å²) >= 11 is 1.66. The Labute approximate surface area is 178 Å². The van der Waals surface area contributed by atoms with Crippen molar-refractivity contribution in [2.24, 2.45) is 5.92 Å². The van der Waals surface area contributed by atoms with Crippen LogP contribution < -0.4 is 5.56 Å². The van der Waals surface area contributed by atoms with Crippen LogP contribution in [0.5, 0.6) is 0 Å². The predicted octanol–water partition coefficient (Wildman–Crippen LogP) is 5.75. The highest BCUT2D eigenvalue weighted by Crippen LogP contribution is 2.36. The topological polar surface area (TPSA) is 34.9 Å². The van der Waals surface area contributed by atoms with Gasteiger partial charge < -0.3 is 0 Å². The van der Waals surface area contributed by atoms with E-state index in [0.717, 1.165) is 46.2 Å². The molecule has 2 aromatic carbocycles. The molecule has 4 aromatic rings. The molecule has 0 fully saturated rings. The van der Waals surface area contributed by atoms with Crippen LogP contribution in [-0.2, 0) is 19.4 Å². The summed E-state index contributed by atoms with van der Waals surface area (Å²) in [6.07, 6.45) is 3.04. The van der Waals surface area contributed by atoms with Crippen LogP contribution in [0.4, 0.5) is 4.39 Å². The van der Waals surface area contributed by atoms with Gasteiger partial charge >= 0.3 is 0 Å². The molecule has 5 heteroatoms. The van der Waals surface area contributed by atoms with Crippen molar-refractivity contribution in [2.45, 2.75) is 39.7 Å². The molecule has 1 unspecified atom stereocenters. The number of aryl methyl sites for hydroxylation is 2. The average molecular weight is 419 g/mol. The van der Waals surface area contributed by atoms with Crippen LogP contribution in [0.2, 0.25) is 0 Å². The molecule has 0 radical (unpaired) electrons. The van der Waals surface area contributed by atoms with Crippen LogP contribution in [0.1, 0.15) is 34.9 Å². The second-order valence-corrected chi connectivity index (χ2v) is 9.44. The first-order valence-corrected chi connectivity index (χ1v) is 11.2. The van der Waals surface area contributed by atoms with Gasteiger partial charge in [0, 0.05) is 10.4 Å². The van der Waals surface area contributed by atoms with Crippen molar-refractivity contribution in [3.8, 4) is 11.4 Å². The second-order valence-electron chi connectivity index (χ2n) is 8.35. The van der Waals surface area contributed by atoms with E-state index in [0.29, 0.717) is 18.3 Å². The minimum atomic E-state index is -0.298. The Balaban J connectivity index is 1.75. The van der Waals surface area contributed by atoms with Crippen molar-refractivity contribution >= 4 is 21.6 Å². The summed E-state index contributed by atoms with van der Waals surface area (Å²) in [5.74, 6) is 0.980. The molecular formula is C25H23FN2OS. The molecule has 0 saturated carbocycles. The van der Waals surface area contributed by atoms with Gasteiger partial charge in [-0.1, -0.05) is 48.9 Å². The molecule has 1 aliphatic rings. The summed E-state index contributed by atoms with van der Waals surface area (Å²) < 4.78 is 15.5. The van der Waals surface area contributed by atoms with E-state index < -0.39 is 0 Å². The summed E-state index contributed by atoms with van der Waals surface area (Å²) in [6, 6.07) is 14.5. The first kappa shape index (κ1) is 19.2. The van der Waals surface area contributed by atoms with E-state index in [1.54, 1.807) is 22.0 Å². The average Bonchev–Trinajstić information content (AvgIpc) is 3.08. The zero-order valence-electron chi connectivity index (χ0n) is 17.1. The summed E-state index contributed by atoms with van der Waals surface area (Å²) in [4.78, 5) is 20.8. The van der Waals surface area contributed by atoms with Crippen molar-refractivity contribution in [1.82, 2.24) is 9.55 Å². The van der Waals surface area contributed by atoms with Crippen LogP contribution >= 0.6 is 11.3 Å². The largest absolute Gasteiger partial charge is 0.288 e. The zero-order valence-corrected chi connectivity index (χ0v) is 17.9. The molecule has 5 rings (SSSR count). The molecule has 0 bridgehead atoms. The Morgan fingerprint density at radius 3 is 2.77 bits per heavy atom. The highest BCUT2D eigenvalue weighted by atomic mass is 32.1. The number of hydrogen-bond donors (Lipinski definition) is 0. The molecule has 0 amide bonds. The SMILES string of the molecule is Cc1ccc(-c2nc3sc4c(c3c(=O)n2Cc2cccc(F)c2)CCC(C)C4)cc1. The lowest BCUT2D eigenvalue weighted by Gasteiger charge is -2.18. The van der Waals surface area contributed by atoms with Gasteiger partial charge in [-0.2, -0.15) is 0 Å². The van der Waals surface area contributed by atoms with E-state index in [1.165, 1.54) is 22.6 Å². The van der Waals surface area contributed by atoms with Crippen molar-refractivity contribution in [2.75, 3.05) is 0 Å². The standard InChI is InChI=1S/C25H23FN2OS/c1-15-6-9-18(10-7-15)23-27-24-22(20-11-8-16(2)12-21(20)30-24)25(29)28(23)14-17-4-3-5-19(26)13-17/h3-7,9-10,13,16H,8,11-12,14H2,1-2H3. The number of fused-ring (bicyclic) bond motifs is 3. The number of rotatable bonds is 3. The fourth-order valence-electron chi connectivity index (χ4n) is 4.31. The molecule has 1 atom stereocenters. The molecule has 0 aliphatic heterocycles. The monoisotopic (exact) mass is 418 g/mol. The lowest BCUT2D eigenvalue weighted by molar-refractivity contribution is 0.509. The Kier molecular flexibility index (Phi) is 4.78. The third kappa shape index (κ3) is 3.37. The summed E-state index contributed by atoms with van der Waals surface area (Å²) in [5, 5.41) is 0.758. The Morgan fingerprint density at radius 2 is 2.00 bits per heavy atom. The number of hydrogen-bond acceptors (Lipinski definition) is 3. The van der Waals surface area contributed by atoms with Gasteiger partial charge in [0.2, 0.25) is 0 Å². The second kappa shape index (κ2) is 7.47. The van der Waals surface area contributed by atoms with Gasteiger partial charge in [-0.25, -0.2) is 9.37 Å². The maximum absolute atomic E-state index is 13.8. The normalized spacial score (nSPS) is 16.0. The number of aromatic nitrogens is 2. The molecule has 2 aromatic heterocycles. The molecule has 1 aliphatic carbocycles. The van der Waals surface area contributed by atoms with Crippen molar-refractivity contribution < 1.29 is 4.39 Å². The maximum Gasteiger partial charge on any atom is 0.263 e. The van der Waals surface area contributed by atoms with E-state index in [9.17, 15) is 9.18 Å². The van der Waals surface area contributed by atoms with Gasteiger partial charge in [0.15, 0.2) is 0 Å². The smallest absolute Gasteiger partial charge is 0.263 e. The van der Waals surface area contributed by atoms with Crippen molar-refractivity contribution in [3.63, 3.8) is 0 Å². The highest BCUT2D eigenvalue weighted by Gasteiger charge is 2.25. The van der Waals surface area contributed by atoms with E-state index in [1.807, 2.05) is 37.3 Å². The lowest BCUT2D eigenvalue weighted by Crippen LogP contribution is -2.24. The zero-order chi connectivity index (χ0) is 20.8. The van der Waals surface area contributed by atoms with Crippen LogP contribution in [0.25, 0.3) is 21.6 Å². The van der Waals surface area contributed by atoms with Crippen LogP contribution in [0.15, 0.2) is 53.3 Å². The summed E-state index contributed by atoms with van der Waals surface area (Å²) in [6.45, 7) is 4.60. The van der Waals surface area contributed by atoms with Gasteiger partial charge in [-0.3, -0.25) is 9.36 Å². The van der Waals surface area contributed by atoms with Crippen molar-refractivity contribution in [3.05, 3.63) is 86.3 Å². The maximum atomic E-state index is 13.8. The van der Waals surface area contributed by atoms with Gasteiger partial charge in [0.1, 0.15) is 16.5 Å².